The van der Waals surface area contributed by atoms with Gasteiger partial charge < -0.3 is 13.9 Å². The van der Waals surface area contributed by atoms with Crippen molar-refractivity contribution in [3.63, 3.8) is 0 Å². The Morgan fingerprint density at radius 2 is 1.96 bits per heavy atom. The van der Waals surface area contributed by atoms with E-state index >= 15 is 0 Å². The Hall–Kier alpha value is -2.63. The normalized spacial score (nSPS) is 14.1. The third-order valence-corrected chi connectivity index (χ3v) is 5.07. The van der Waals surface area contributed by atoms with Gasteiger partial charge in [-0.25, -0.2) is 4.79 Å². The Labute approximate surface area is 158 Å². The molecule has 0 radical (unpaired) electrons. The SMILES string of the molecule is COCCCN1COc2ccc3c(C)c(-c4ccccc4)c(=O)oc3c2C1. The van der Waals surface area contributed by atoms with Gasteiger partial charge in [0.25, 0.3) is 0 Å². The highest BCUT2D eigenvalue weighted by molar-refractivity contribution is 5.90. The van der Waals surface area contributed by atoms with E-state index in [4.69, 9.17) is 13.9 Å². The highest BCUT2D eigenvalue weighted by Crippen LogP contribution is 2.35. The lowest BCUT2D eigenvalue weighted by Crippen LogP contribution is -2.33. The lowest BCUT2D eigenvalue weighted by molar-refractivity contribution is 0.0837. The minimum absolute atomic E-state index is 0.309. The number of hydrogen-bond acceptors (Lipinski definition) is 5. The van der Waals surface area contributed by atoms with Gasteiger partial charge in [-0.3, -0.25) is 4.90 Å². The smallest absolute Gasteiger partial charge is 0.344 e. The van der Waals surface area contributed by atoms with Crippen molar-refractivity contribution >= 4 is 11.0 Å². The van der Waals surface area contributed by atoms with Crippen LogP contribution in [0.25, 0.3) is 22.1 Å². The Morgan fingerprint density at radius 3 is 2.74 bits per heavy atom. The van der Waals surface area contributed by atoms with Crippen LogP contribution in [0.3, 0.4) is 0 Å². The molecular formula is C22H23NO4. The first-order valence-corrected chi connectivity index (χ1v) is 9.18. The molecule has 0 fully saturated rings. The first-order valence-electron chi connectivity index (χ1n) is 9.18. The second-order valence-corrected chi connectivity index (χ2v) is 6.85. The molecular weight excluding hydrogens is 342 g/mol. The van der Waals surface area contributed by atoms with Crippen LogP contribution in [-0.2, 0) is 11.3 Å². The summed E-state index contributed by atoms with van der Waals surface area (Å²) in [7, 11) is 1.71. The average Bonchev–Trinajstić information content (AvgIpc) is 2.69. The maximum absolute atomic E-state index is 12.8. The number of ether oxygens (including phenoxy) is 2. The molecule has 27 heavy (non-hydrogen) atoms. The molecule has 1 aliphatic rings. The first-order chi connectivity index (χ1) is 13.2. The van der Waals surface area contributed by atoms with Crippen LogP contribution in [0.4, 0.5) is 0 Å². The molecule has 0 unspecified atom stereocenters. The molecule has 2 aromatic carbocycles. The fourth-order valence-electron chi connectivity index (χ4n) is 3.68. The minimum atomic E-state index is -0.309. The summed E-state index contributed by atoms with van der Waals surface area (Å²) in [5, 5.41) is 0.953. The molecule has 0 saturated heterocycles. The van der Waals surface area contributed by atoms with Crippen LogP contribution in [0.2, 0.25) is 0 Å². The van der Waals surface area contributed by atoms with Crippen LogP contribution >= 0.6 is 0 Å². The summed E-state index contributed by atoms with van der Waals surface area (Å²) in [4.78, 5) is 15.0. The highest BCUT2D eigenvalue weighted by Gasteiger charge is 2.23. The van der Waals surface area contributed by atoms with E-state index < -0.39 is 0 Å². The monoisotopic (exact) mass is 365 g/mol. The van der Waals surface area contributed by atoms with Gasteiger partial charge in [-0.15, -0.1) is 0 Å². The Balaban J connectivity index is 1.78. The molecule has 5 nitrogen and oxygen atoms in total. The molecule has 5 heteroatoms. The second kappa shape index (κ2) is 7.55. The molecule has 0 saturated carbocycles. The average molecular weight is 365 g/mol. The predicted molar refractivity (Wildman–Crippen MR) is 105 cm³/mol. The third kappa shape index (κ3) is 3.36. The summed E-state index contributed by atoms with van der Waals surface area (Å²) in [6, 6.07) is 13.6. The largest absolute Gasteiger partial charge is 0.478 e. The summed E-state index contributed by atoms with van der Waals surface area (Å²) in [6.45, 7) is 4.80. The van der Waals surface area contributed by atoms with E-state index in [9.17, 15) is 4.79 Å². The summed E-state index contributed by atoms with van der Waals surface area (Å²) < 4.78 is 16.8. The van der Waals surface area contributed by atoms with E-state index in [1.165, 1.54) is 0 Å². The van der Waals surface area contributed by atoms with Crippen LogP contribution in [0, 0.1) is 6.92 Å². The molecule has 0 atom stereocenters. The van der Waals surface area contributed by atoms with E-state index in [-0.39, 0.29) is 5.63 Å². The van der Waals surface area contributed by atoms with E-state index in [0.717, 1.165) is 40.8 Å². The van der Waals surface area contributed by atoms with Crippen LogP contribution in [0.5, 0.6) is 5.75 Å². The fraction of sp³-hybridized carbons (Fsp3) is 0.318. The van der Waals surface area contributed by atoms with Crippen molar-refractivity contribution in [1.29, 1.82) is 0 Å². The molecule has 0 N–H and O–H groups in total. The van der Waals surface area contributed by atoms with Gasteiger partial charge in [0, 0.05) is 32.2 Å². The van der Waals surface area contributed by atoms with Crippen LogP contribution in [0.15, 0.2) is 51.7 Å². The van der Waals surface area contributed by atoms with E-state index in [1.54, 1.807) is 7.11 Å². The molecule has 1 aliphatic heterocycles. The number of hydrogen-bond donors (Lipinski definition) is 0. The molecule has 0 bridgehead atoms. The maximum Gasteiger partial charge on any atom is 0.344 e. The minimum Gasteiger partial charge on any atom is -0.478 e. The van der Waals surface area contributed by atoms with Crippen molar-refractivity contribution in [2.45, 2.75) is 19.9 Å². The van der Waals surface area contributed by atoms with Gasteiger partial charge in [0.15, 0.2) is 0 Å². The standard InChI is InChI=1S/C22H23NO4/c1-15-17-9-10-19-18(13-23(14-26-19)11-6-12-25-2)21(17)27-22(24)20(15)16-7-4-3-5-8-16/h3-5,7-10H,6,11-14H2,1-2H3. The molecule has 2 heterocycles. The zero-order valence-corrected chi connectivity index (χ0v) is 15.7. The molecule has 0 amide bonds. The van der Waals surface area contributed by atoms with Gasteiger partial charge in [-0.1, -0.05) is 30.3 Å². The molecule has 3 aromatic rings. The van der Waals surface area contributed by atoms with Crippen LogP contribution in [0.1, 0.15) is 17.5 Å². The summed E-state index contributed by atoms with van der Waals surface area (Å²) in [5.41, 5.74) is 3.70. The van der Waals surface area contributed by atoms with Crippen LogP contribution in [-0.4, -0.2) is 31.9 Å². The lowest BCUT2D eigenvalue weighted by Gasteiger charge is -2.29. The third-order valence-electron chi connectivity index (χ3n) is 5.07. The zero-order chi connectivity index (χ0) is 18.8. The van der Waals surface area contributed by atoms with Gasteiger partial charge in [0.1, 0.15) is 18.1 Å². The zero-order valence-electron chi connectivity index (χ0n) is 15.7. The number of nitrogens with zero attached hydrogens (tertiary/aromatic N) is 1. The summed E-state index contributed by atoms with van der Waals surface area (Å²) >= 11 is 0. The Kier molecular flexibility index (Phi) is 4.97. The quantitative estimate of drug-likeness (QED) is 0.506. The molecule has 140 valence electrons. The van der Waals surface area contributed by atoms with Crippen molar-refractivity contribution < 1.29 is 13.9 Å². The maximum atomic E-state index is 12.8. The second-order valence-electron chi connectivity index (χ2n) is 6.85. The van der Waals surface area contributed by atoms with Gasteiger partial charge in [0.05, 0.1) is 11.1 Å². The van der Waals surface area contributed by atoms with Gasteiger partial charge in [-0.05, 0) is 36.6 Å². The summed E-state index contributed by atoms with van der Waals surface area (Å²) in [6.07, 6.45) is 0.932. The highest BCUT2D eigenvalue weighted by atomic mass is 16.5. The van der Waals surface area contributed by atoms with Crippen LogP contribution < -0.4 is 10.4 Å². The Morgan fingerprint density at radius 1 is 1.15 bits per heavy atom. The van der Waals surface area contributed by atoms with Crippen molar-refractivity contribution in [2.75, 3.05) is 27.0 Å². The van der Waals surface area contributed by atoms with Gasteiger partial charge >= 0.3 is 5.63 Å². The van der Waals surface area contributed by atoms with Gasteiger partial charge in [0.2, 0.25) is 0 Å². The van der Waals surface area contributed by atoms with Crippen molar-refractivity contribution in [2.24, 2.45) is 0 Å². The Bertz CT molecular complexity index is 1010. The van der Waals surface area contributed by atoms with E-state index in [1.807, 2.05) is 49.4 Å². The van der Waals surface area contributed by atoms with Crippen molar-refractivity contribution in [3.05, 3.63) is 64.0 Å². The summed E-state index contributed by atoms with van der Waals surface area (Å²) in [5.74, 6) is 0.792. The molecule has 0 spiro atoms. The van der Waals surface area contributed by atoms with Gasteiger partial charge in [-0.2, -0.15) is 0 Å². The molecule has 0 aliphatic carbocycles. The van der Waals surface area contributed by atoms with E-state index in [0.29, 0.717) is 31.0 Å². The number of aryl methyl sites for hydroxylation is 1. The predicted octanol–water partition coefficient (Wildman–Crippen LogP) is 3.96. The first kappa shape index (κ1) is 17.8. The van der Waals surface area contributed by atoms with Crippen molar-refractivity contribution in [3.8, 4) is 16.9 Å². The molecule has 4 rings (SSSR count). The number of methoxy groups -OCH3 is 1. The lowest BCUT2D eigenvalue weighted by atomic mass is 9.97. The van der Waals surface area contributed by atoms with Crippen molar-refractivity contribution in [1.82, 2.24) is 4.90 Å². The number of benzene rings is 2. The number of rotatable bonds is 5. The number of fused-ring (bicyclic) bond motifs is 3. The topological polar surface area (TPSA) is 51.9 Å². The van der Waals surface area contributed by atoms with E-state index in [2.05, 4.69) is 4.90 Å². The molecule has 1 aromatic heterocycles. The fourth-order valence-corrected chi connectivity index (χ4v) is 3.68.